The predicted octanol–water partition coefficient (Wildman–Crippen LogP) is 1.87. The minimum absolute atomic E-state index is 0.0747. The fraction of sp³-hybridized carbons (Fsp3) is 0.333. The lowest BCUT2D eigenvalue weighted by Crippen LogP contribution is -1.98. The molecule has 0 saturated heterocycles. The maximum Gasteiger partial charge on any atom is 0.317 e. The molecule has 1 N–H and O–H groups in total. The first-order chi connectivity index (χ1) is 6.61. The van der Waals surface area contributed by atoms with Crippen molar-refractivity contribution in [1.82, 2.24) is 0 Å². The van der Waals surface area contributed by atoms with Crippen LogP contribution >= 0.6 is 0 Å². The highest BCUT2D eigenvalue weighted by atomic mass is 16.6. The van der Waals surface area contributed by atoms with Crippen molar-refractivity contribution < 1.29 is 14.8 Å². The Kier molecular flexibility index (Phi) is 2.91. The van der Waals surface area contributed by atoms with Gasteiger partial charge in [0.25, 0.3) is 0 Å². The molecule has 0 fully saturated rings. The molecule has 76 valence electrons. The van der Waals surface area contributed by atoms with E-state index < -0.39 is 4.92 Å². The second kappa shape index (κ2) is 3.95. The summed E-state index contributed by atoms with van der Waals surface area (Å²) < 4.78 is 4.79. The largest absolute Gasteiger partial charge is 0.504 e. The number of phenolic OH excluding ortho intramolecular Hbond substituents is 1. The Morgan fingerprint density at radius 3 is 2.64 bits per heavy atom. The summed E-state index contributed by atoms with van der Waals surface area (Å²) in [5, 5.41) is 20.1. The lowest BCUT2D eigenvalue weighted by molar-refractivity contribution is -0.386. The Balaban J connectivity index is 3.43. The van der Waals surface area contributed by atoms with Crippen LogP contribution in [0.1, 0.15) is 12.5 Å². The lowest BCUT2D eigenvalue weighted by Gasteiger charge is -2.06. The van der Waals surface area contributed by atoms with E-state index in [9.17, 15) is 15.2 Å². The SMILES string of the molecule is CCc1ccc(O)c(OC)c1[N+](=O)[O-]. The zero-order chi connectivity index (χ0) is 10.7. The molecular formula is C9H11NO4. The molecule has 5 nitrogen and oxygen atoms in total. The van der Waals surface area contributed by atoms with Gasteiger partial charge in [0.05, 0.1) is 12.0 Å². The second-order valence-corrected chi connectivity index (χ2v) is 2.74. The van der Waals surface area contributed by atoms with E-state index in [2.05, 4.69) is 0 Å². The van der Waals surface area contributed by atoms with Gasteiger partial charge in [-0.15, -0.1) is 0 Å². The summed E-state index contributed by atoms with van der Waals surface area (Å²) in [6.07, 6.45) is 0.521. The van der Waals surface area contributed by atoms with Crippen molar-refractivity contribution >= 4 is 5.69 Å². The molecule has 0 radical (unpaired) electrons. The van der Waals surface area contributed by atoms with E-state index in [0.717, 1.165) is 0 Å². The molecular weight excluding hydrogens is 186 g/mol. The van der Waals surface area contributed by atoms with Crippen LogP contribution in [0, 0.1) is 10.1 Å². The highest BCUT2D eigenvalue weighted by Crippen LogP contribution is 2.38. The molecule has 14 heavy (non-hydrogen) atoms. The first-order valence-corrected chi connectivity index (χ1v) is 4.15. The summed E-state index contributed by atoms with van der Waals surface area (Å²) in [5.74, 6) is -0.286. The molecule has 0 aliphatic heterocycles. The molecule has 1 rings (SSSR count). The summed E-state index contributed by atoms with van der Waals surface area (Å²) in [4.78, 5) is 10.2. The van der Waals surface area contributed by atoms with Crippen LogP contribution in [-0.4, -0.2) is 17.1 Å². The van der Waals surface area contributed by atoms with E-state index in [1.165, 1.54) is 19.2 Å². The number of aryl methyl sites for hydroxylation is 1. The first kappa shape index (κ1) is 10.3. The highest BCUT2D eigenvalue weighted by molar-refractivity contribution is 5.59. The van der Waals surface area contributed by atoms with Crippen LogP contribution < -0.4 is 4.74 Å². The third kappa shape index (κ3) is 1.61. The molecule has 1 aromatic rings. The summed E-state index contributed by atoms with van der Waals surface area (Å²) in [6.45, 7) is 1.80. The van der Waals surface area contributed by atoms with E-state index in [-0.39, 0.29) is 17.2 Å². The van der Waals surface area contributed by atoms with E-state index in [1.54, 1.807) is 6.92 Å². The van der Waals surface area contributed by atoms with Gasteiger partial charge in [0, 0.05) is 5.56 Å². The molecule has 0 saturated carbocycles. The monoisotopic (exact) mass is 197 g/mol. The molecule has 0 heterocycles. The van der Waals surface area contributed by atoms with E-state index in [0.29, 0.717) is 12.0 Å². The van der Waals surface area contributed by atoms with Gasteiger partial charge in [-0.2, -0.15) is 0 Å². The molecule has 0 spiro atoms. The van der Waals surface area contributed by atoms with Crippen molar-refractivity contribution in [3.05, 3.63) is 27.8 Å². The van der Waals surface area contributed by atoms with Crippen molar-refractivity contribution in [1.29, 1.82) is 0 Å². The van der Waals surface area contributed by atoms with Gasteiger partial charge in [-0.05, 0) is 18.6 Å². The van der Waals surface area contributed by atoms with Crippen molar-refractivity contribution in [3.8, 4) is 11.5 Å². The number of nitrogens with zero attached hydrogens (tertiary/aromatic N) is 1. The number of benzene rings is 1. The smallest absolute Gasteiger partial charge is 0.317 e. The van der Waals surface area contributed by atoms with E-state index in [4.69, 9.17) is 4.74 Å². The predicted molar refractivity (Wildman–Crippen MR) is 50.7 cm³/mol. The first-order valence-electron chi connectivity index (χ1n) is 4.15. The number of phenols is 1. The van der Waals surface area contributed by atoms with Gasteiger partial charge in [-0.3, -0.25) is 10.1 Å². The van der Waals surface area contributed by atoms with Gasteiger partial charge in [0.15, 0.2) is 5.75 Å². The third-order valence-electron chi connectivity index (χ3n) is 1.96. The van der Waals surface area contributed by atoms with Crippen molar-refractivity contribution in [2.24, 2.45) is 0 Å². The molecule has 0 aliphatic carbocycles. The Hall–Kier alpha value is -1.78. The Bertz CT molecular complexity index is 362. The van der Waals surface area contributed by atoms with E-state index >= 15 is 0 Å². The Morgan fingerprint density at radius 1 is 1.57 bits per heavy atom. The normalized spacial score (nSPS) is 9.86. The van der Waals surface area contributed by atoms with Gasteiger partial charge in [0.1, 0.15) is 0 Å². The number of methoxy groups -OCH3 is 1. The molecule has 0 atom stereocenters. The van der Waals surface area contributed by atoms with Crippen LogP contribution in [0.3, 0.4) is 0 Å². The maximum atomic E-state index is 10.7. The summed E-state index contributed by atoms with van der Waals surface area (Å²) >= 11 is 0. The number of ether oxygens (including phenoxy) is 1. The summed E-state index contributed by atoms with van der Waals surface area (Å²) in [6, 6.07) is 2.92. The average molecular weight is 197 g/mol. The second-order valence-electron chi connectivity index (χ2n) is 2.74. The molecule has 0 aliphatic rings. The third-order valence-corrected chi connectivity index (χ3v) is 1.96. The average Bonchev–Trinajstić information content (AvgIpc) is 2.17. The van der Waals surface area contributed by atoms with Crippen LogP contribution in [0.5, 0.6) is 11.5 Å². The van der Waals surface area contributed by atoms with Crippen LogP contribution in [0.15, 0.2) is 12.1 Å². The van der Waals surface area contributed by atoms with Gasteiger partial charge in [-0.1, -0.05) is 6.92 Å². The maximum absolute atomic E-state index is 10.7. The Labute approximate surface area is 81.1 Å². The molecule has 0 bridgehead atoms. The van der Waals surface area contributed by atoms with Gasteiger partial charge in [0.2, 0.25) is 5.75 Å². The summed E-state index contributed by atoms with van der Waals surface area (Å²) in [5.41, 5.74) is 0.389. The molecule has 5 heteroatoms. The number of rotatable bonds is 3. The zero-order valence-electron chi connectivity index (χ0n) is 7.98. The summed E-state index contributed by atoms with van der Waals surface area (Å²) in [7, 11) is 1.29. The number of nitro groups is 1. The number of aromatic hydroxyl groups is 1. The molecule has 1 aromatic carbocycles. The minimum Gasteiger partial charge on any atom is -0.504 e. The van der Waals surface area contributed by atoms with Crippen LogP contribution in [0.4, 0.5) is 5.69 Å². The van der Waals surface area contributed by atoms with Crippen LogP contribution in [-0.2, 0) is 6.42 Å². The quantitative estimate of drug-likeness (QED) is 0.593. The molecule has 0 amide bonds. The van der Waals surface area contributed by atoms with E-state index in [1.807, 2.05) is 0 Å². The molecule has 0 aromatic heterocycles. The fourth-order valence-electron chi connectivity index (χ4n) is 1.29. The topological polar surface area (TPSA) is 72.6 Å². The van der Waals surface area contributed by atoms with Gasteiger partial charge >= 0.3 is 5.69 Å². The van der Waals surface area contributed by atoms with Gasteiger partial charge in [-0.25, -0.2) is 0 Å². The molecule has 0 unspecified atom stereocenters. The van der Waals surface area contributed by atoms with Crippen LogP contribution in [0.25, 0.3) is 0 Å². The van der Waals surface area contributed by atoms with Crippen molar-refractivity contribution in [2.45, 2.75) is 13.3 Å². The number of nitro benzene ring substituents is 1. The van der Waals surface area contributed by atoms with Crippen molar-refractivity contribution in [3.63, 3.8) is 0 Å². The van der Waals surface area contributed by atoms with Crippen LogP contribution in [0.2, 0.25) is 0 Å². The highest BCUT2D eigenvalue weighted by Gasteiger charge is 2.22. The number of hydrogen-bond donors (Lipinski definition) is 1. The number of hydrogen-bond acceptors (Lipinski definition) is 4. The fourth-order valence-corrected chi connectivity index (χ4v) is 1.29. The Morgan fingerprint density at radius 2 is 2.21 bits per heavy atom. The standard InChI is InChI=1S/C9H11NO4/c1-3-6-4-5-7(11)9(14-2)8(6)10(12)13/h4-5,11H,3H2,1-2H3. The van der Waals surface area contributed by atoms with Crippen molar-refractivity contribution in [2.75, 3.05) is 7.11 Å². The zero-order valence-corrected chi connectivity index (χ0v) is 7.98. The lowest BCUT2D eigenvalue weighted by atomic mass is 10.1. The minimum atomic E-state index is -0.544. The van der Waals surface area contributed by atoms with Gasteiger partial charge < -0.3 is 9.84 Å².